The highest BCUT2D eigenvalue weighted by atomic mass is 79.9. The minimum Gasteiger partial charge on any atom is -0.454 e. The molecule has 5 heteroatoms. The number of halogens is 1. The molecule has 2 rings (SSSR count). The first-order chi connectivity index (χ1) is 9.06. The molecule has 0 saturated heterocycles. The third-order valence-electron chi connectivity index (χ3n) is 3.15. The Bertz CT molecular complexity index is 438. The van der Waals surface area contributed by atoms with Crippen molar-refractivity contribution in [3.8, 4) is 11.5 Å². The van der Waals surface area contributed by atoms with Crippen molar-refractivity contribution in [1.29, 1.82) is 0 Å². The van der Waals surface area contributed by atoms with Crippen LogP contribution in [0.1, 0.15) is 18.9 Å². The summed E-state index contributed by atoms with van der Waals surface area (Å²) in [6, 6.07) is 4.62. The lowest BCUT2D eigenvalue weighted by Gasteiger charge is -2.17. The van der Waals surface area contributed by atoms with Crippen LogP contribution >= 0.6 is 15.9 Å². The first-order valence-electron chi connectivity index (χ1n) is 6.52. The average molecular weight is 329 g/mol. The quantitative estimate of drug-likeness (QED) is 0.870. The van der Waals surface area contributed by atoms with Crippen molar-refractivity contribution in [2.75, 3.05) is 27.4 Å². The number of hydrogen-bond donors (Lipinski definition) is 1. The van der Waals surface area contributed by atoms with Crippen molar-refractivity contribution in [1.82, 2.24) is 10.2 Å². The minimum atomic E-state index is 0.310. The van der Waals surface area contributed by atoms with E-state index < -0.39 is 0 Å². The van der Waals surface area contributed by atoms with E-state index in [1.54, 1.807) is 0 Å². The first-order valence-corrected chi connectivity index (χ1v) is 7.31. The predicted octanol–water partition coefficient (Wildman–Crippen LogP) is 2.61. The van der Waals surface area contributed by atoms with Crippen LogP contribution in [0.25, 0.3) is 0 Å². The molecule has 0 bridgehead atoms. The maximum absolute atomic E-state index is 5.42. The zero-order chi connectivity index (χ0) is 13.8. The van der Waals surface area contributed by atoms with Gasteiger partial charge in [-0.15, -0.1) is 0 Å². The van der Waals surface area contributed by atoms with E-state index in [-0.39, 0.29) is 0 Å². The monoisotopic (exact) mass is 328 g/mol. The molecule has 1 heterocycles. The van der Waals surface area contributed by atoms with Crippen LogP contribution in [-0.2, 0) is 6.54 Å². The molecule has 0 radical (unpaired) electrons. The van der Waals surface area contributed by atoms with E-state index in [9.17, 15) is 0 Å². The molecule has 0 fully saturated rings. The standard InChI is InChI=1S/C14H21BrN2O2/c1-10(4-5-17(2)3)16-8-11-6-12(15)14-13(7-11)18-9-19-14/h6-7,10,16H,4-5,8-9H2,1-3H3. The number of benzene rings is 1. The molecule has 1 aliphatic rings. The van der Waals surface area contributed by atoms with Crippen molar-refractivity contribution in [2.45, 2.75) is 25.9 Å². The van der Waals surface area contributed by atoms with Crippen LogP contribution in [0.3, 0.4) is 0 Å². The largest absolute Gasteiger partial charge is 0.454 e. The second-order valence-corrected chi connectivity index (χ2v) is 6.04. The van der Waals surface area contributed by atoms with Crippen LogP contribution in [0.4, 0.5) is 0 Å². The van der Waals surface area contributed by atoms with Gasteiger partial charge in [0, 0.05) is 12.6 Å². The maximum atomic E-state index is 5.42. The van der Waals surface area contributed by atoms with Gasteiger partial charge in [0.15, 0.2) is 11.5 Å². The number of fused-ring (bicyclic) bond motifs is 1. The molecule has 0 aliphatic carbocycles. The third-order valence-corrected chi connectivity index (χ3v) is 3.74. The average Bonchev–Trinajstić information content (AvgIpc) is 2.82. The molecule has 0 saturated carbocycles. The number of hydrogen-bond acceptors (Lipinski definition) is 4. The van der Waals surface area contributed by atoms with Gasteiger partial charge in [-0.3, -0.25) is 0 Å². The summed E-state index contributed by atoms with van der Waals surface area (Å²) in [5.41, 5.74) is 1.20. The van der Waals surface area contributed by atoms with Gasteiger partial charge in [-0.05, 0) is 67.6 Å². The van der Waals surface area contributed by atoms with Gasteiger partial charge >= 0.3 is 0 Å². The summed E-state index contributed by atoms with van der Waals surface area (Å²) in [5.74, 6) is 1.64. The van der Waals surface area contributed by atoms with Crippen LogP contribution in [0.2, 0.25) is 0 Å². The van der Waals surface area contributed by atoms with E-state index in [2.05, 4.69) is 53.2 Å². The Labute approximate surface area is 123 Å². The smallest absolute Gasteiger partial charge is 0.231 e. The molecule has 1 unspecified atom stereocenters. The third kappa shape index (κ3) is 4.09. The Balaban J connectivity index is 1.88. The fraction of sp³-hybridized carbons (Fsp3) is 0.571. The van der Waals surface area contributed by atoms with Crippen LogP contribution in [-0.4, -0.2) is 38.4 Å². The van der Waals surface area contributed by atoms with Crippen LogP contribution < -0.4 is 14.8 Å². The highest BCUT2D eigenvalue weighted by Gasteiger charge is 2.17. The fourth-order valence-electron chi connectivity index (χ4n) is 1.97. The molecule has 0 spiro atoms. The van der Waals surface area contributed by atoms with Gasteiger partial charge in [0.05, 0.1) is 4.47 Å². The number of nitrogens with zero attached hydrogens (tertiary/aromatic N) is 1. The van der Waals surface area contributed by atoms with Gasteiger partial charge in [-0.25, -0.2) is 0 Å². The molecule has 0 amide bonds. The number of nitrogens with one attached hydrogen (secondary N) is 1. The fourth-order valence-corrected chi connectivity index (χ4v) is 2.57. The van der Waals surface area contributed by atoms with Gasteiger partial charge in [-0.1, -0.05) is 0 Å². The molecule has 1 aromatic carbocycles. The van der Waals surface area contributed by atoms with E-state index in [4.69, 9.17) is 9.47 Å². The van der Waals surface area contributed by atoms with Gasteiger partial charge in [0.25, 0.3) is 0 Å². The minimum absolute atomic E-state index is 0.310. The summed E-state index contributed by atoms with van der Waals surface area (Å²) in [4.78, 5) is 2.20. The second-order valence-electron chi connectivity index (χ2n) is 5.19. The van der Waals surface area contributed by atoms with Gasteiger partial charge in [0.2, 0.25) is 6.79 Å². The van der Waals surface area contributed by atoms with Crippen molar-refractivity contribution < 1.29 is 9.47 Å². The number of ether oxygens (including phenoxy) is 2. The molecular formula is C14H21BrN2O2. The molecule has 1 aromatic rings. The summed E-state index contributed by atoms with van der Waals surface area (Å²) in [5, 5.41) is 3.53. The van der Waals surface area contributed by atoms with Crippen LogP contribution in [0, 0.1) is 0 Å². The molecular weight excluding hydrogens is 308 g/mol. The Morgan fingerprint density at radius 1 is 1.37 bits per heavy atom. The highest BCUT2D eigenvalue weighted by Crippen LogP contribution is 2.39. The molecule has 19 heavy (non-hydrogen) atoms. The van der Waals surface area contributed by atoms with E-state index in [1.807, 2.05) is 6.07 Å². The molecule has 1 N–H and O–H groups in total. The Morgan fingerprint density at radius 2 is 2.16 bits per heavy atom. The normalized spacial score (nSPS) is 15.0. The van der Waals surface area contributed by atoms with E-state index in [1.165, 1.54) is 5.56 Å². The summed E-state index contributed by atoms with van der Waals surface area (Å²) < 4.78 is 11.8. The summed E-state index contributed by atoms with van der Waals surface area (Å²) in [6.07, 6.45) is 1.14. The summed E-state index contributed by atoms with van der Waals surface area (Å²) in [6.45, 7) is 4.46. The molecule has 0 aromatic heterocycles. The lowest BCUT2D eigenvalue weighted by atomic mass is 10.1. The Hall–Kier alpha value is -0.780. The van der Waals surface area contributed by atoms with E-state index >= 15 is 0 Å². The SMILES string of the molecule is CC(CCN(C)C)NCc1cc(Br)c2c(c1)OCO2. The van der Waals surface area contributed by atoms with Crippen molar-refractivity contribution >= 4 is 15.9 Å². The van der Waals surface area contributed by atoms with Gasteiger partial charge < -0.3 is 19.7 Å². The van der Waals surface area contributed by atoms with Crippen molar-refractivity contribution in [2.24, 2.45) is 0 Å². The predicted molar refractivity (Wildman–Crippen MR) is 79.7 cm³/mol. The molecule has 4 nitrogen and oxygen atoms in total. The molecule has 106 valence electrons. The van der Waals surface area contributed by atoms with Crippen LogP contribution in [0.15, 0.2) is 16.6 Å². The van der Waals surface area contributed by atoms with E-state index in [0.717, 1.165) is 35.5 Å². The Kier molecular flexibility index (Phi) is 5.07. The number of rotatable bonds is 6. The van der Waals surface area contributed by atoms with Crippen molar-refractivity contribution in [3.63, 3.8) is 0 Å². The molecule has 1 aliphatic heterocycles. The van der Waals surface area contributed by atoms with Gasteiger partial charge in [0.1, 0.15) is 0 Å². The zero-order valence-electron chi connectivity index (χ0n) is 11.7. The first kappa shape index (κ1) is 14.6. The zero-order valence-corrected chi connectivity index (χ0v) is 13.3. The second kappa shape index (κ2) is 6.59. The lowest BCUT2D eigenvalue weighted by molar-refractivity contribution is 0.173. The molecule has 1 atom stereocenters. The maximum Gasteiger partial charge on any atom is 0.231 e. The lowest BCUT2D eigenvalue weighted by Crippen LogP contribution is -2.29. The summed E-state index contributed by atoms with van der Waals surface area (Å²) >= 11 is 3.52. The van der Waals surface area contributed by atoms with Crippen molar-refractivity contribution in [3.05, 3.63) is 22.2 Å². The highest BCUT2D eigenvalue weighted by molar-refractivity contribution is 9.10. The Morgan fingerprint density at radius 3 is 2.89 bits per heavy atom. The van der Waals surface area contributed by atoms with E-state index in [0.29, 0.717) is 12.8 Å². The van der Waals surface area contributed by atoms with Gasteiger partial charge in [-0.2, -0.15) is 0 Å². The van der Waals surface area contributed by atoms with Crippen LogP contribution in [0.5, 0.6) is 11.5 Å². The topological polar surface area (TPSA) is 33.7 Å². The summed E-state index contributed by atoms with van der Waals surface area (Å²) in [7, 11) is 4.20.